The van der Waals surface area contributed by atoms with E-state index in [2.05, 4.69) is 5.43 Å². The highest BCUT2D eigenvalue weighted by Gasteiger charge is 2.15. The number of nitrogens with zero attached hydrogens (tertiary/aromatic N) is 1. The van der Waals surface area contributed by atoms with Crippen molar-refractivity contribution >= 4 is 28.4 Å². The number of rotatable bonds is 3. The van der Waals surface area contributed by atoms with Crippen molar-refractivity contribution in [1.29, 1.82) is 0 Å². The summed E-state index contributed by atoms with van der Waals surface area (Å²) in [6, 6.07) is 11.9. The predicted octanol–water partition coefficient (Wildman–Crippen LogP) is 3.09. The Hall–Kier alpha value is -2.37. The van der Waals surface area contributed by atoms with Gasteiger partial charge in [-0.15, -0.1) is 0 Å². The second kappa shape index (κ2) is 5.79. The third kappa shape index (κ3) is 2.45. The summed E-state index contributed by atoms with van der Waals surface area (Å²) in [6.07, 6.45) is 1.65. The Morgan fingerprint density at radius 1 is 1.23 bits per heavy atom. The maximum atomic E-state index is 14.0. The van der Waals surface area contributed by atoms with Crippen LogP contribution < -0.4 is 11.3 Å². The lowest BCUT2D eigenvalue weighted by atomic mass is 10.1. The summed E-state index contributed by atoms with van der Waals surface area (Å²) in [4.78, 5) is 11.9. The van der Waals surface area contributed by atoms with Crippen molar-refractivity contribution in [2.75, 3.05) is 0 Å². The number of nitrogen functional groups attached to an aromatic ring is 1. The fourth-order valence-corrected chi connectivity index (χ4v) is 2.71. The number of fused-ring (bicyclic) bond motifs is 1. The first-order chi connectivity index (χ1) is 10.6. The Bertz CT molecular complexity index is 839. The predicted molar refractivity (Wildman–Crippen MR) is 84.1 cm³/mol. The van der Waals surface area contributed by atoms with Crippen molar-refractivity contribution < 1.29 is 9.18 Å². The topological polar surface area (TPSA) is 60.0 Å². The minimum absolute atomic E-state index is 0.226. The Labute approximate surface area is 131 Å². The number of nitrogens with two attached hydrogens (primary N) is 1. The number of hydrogen-bond acceptors (Lipinski definition) is 2. The molecule has 1 amide bonds. The molecule has 0 bridgehead atoms. The van der Waals surface area contributed by atoms with E-state index in [1.54, 1.807) is 22.9 Å². The van der Waals surface area contributed by atoms with Crippen LogP contribution in [0.1, 0.15) is 15.9 Å². The number of nitrogens with one attached hydrogen (secondary N) is 1. The van der Waals surface area contributed by atoms with Gasteiger partial charge in [0, 0.05) is 27.7 Å². The smallest absolute Gasteiger partial charge is 0.267 e. The largest absolute Gasteiger partial charge is 0.342 e. The first kappa shape index (κ1) is 14.6. The molecule has 4 nitrogen and oxygen atoms in total. The van der Waals surface area contributed by atoms with E-state index in [9.17, 15) is 9.18 Å². The Balaban J connectivity index is 2.14. The Morgan fingerprint density at radius 3 is 2.73 bits per heavy atom. The molecule has 112 valence electrons. The van der Waals surface area contributed by atoms with Gasteiger partial charge in [0.1, 0.15) is 5.82 Å². The van der Waals surface area contributed by atoms with Gasteiger partial charge < -0.3 is 4.57 Å². The number of halogens is 2. The van der Waals surface area contributed by atoms with Gasteiger partial charge in [0.25, 0.3) is 5.91 Å². The van der Waals surface area contributed by atoms with Crippen LogP contribution in [0.15, 0.2) is 48.7 Å². The van der Waals surface area contributed by atoms with E-state index in [0.717, 1.165) is 10.9 Å². The summed E-state index contributed by atoms with van der Waals surface area (Å²) < 4.78 is 15.8. The number of amides is 1. The molecule has 0 radical (unpaired) electrons. The third-order valence-electron chi connectivity index (χ3n) is 3.55. The molecule has 3 aromatic rings. The minimum Gasteiger partial charge on any atom is -0.342 e. The Morgan fingerprint density at radius 2 is 2.00 bits per heavy atom. The van der Waals surface area contributed by atoms with Gasteiger partial charge in [-0.05, 0) is 18.2 Å². The number of hydrogen-bond donors (Lipinski definition) is 2. The van der Waals surface area contributed by atoms with Gasteiger partial charge in [-0.3, -0.25) is 10.2 Å². The van der Waals surface area contributed by atoms with Gasteiger partial charge in [-0.1, -0.05) is 35.9 Å². The van der Waals surface area contributed by atoms with Gasteiger partial charge in [-0.25, -0.2) is 10.2 Å². The monoisotopic (exact) mass is 317 g/mol. The van der Waals surface area contributed by atoms with Gasteiger partial charge in [-0.2, -0.15) is 0 Å². The third-order valence-corrected chi connectivity index (χ3v) is 3.91. The highest BCUT2D eigenvalue weighted by atomic mass is 35.5. The van der Waals surface area contributed by atoms with Crippen LogP contribution in [0.4, 0.5) is 4.39 Å². The van der Waals surface area contributed by atoms with Crippen LogP contribution in [0.5, 0.6) is 0 Å². The van der Waals surface area contributed by atoms with Crippen LogP contribution in [0, 0.1) is 5.82 Å². The minimum atomic E-state index is -0.394. The molecule has 3 N–H and O–H groups in total. The maximum Gasteiger partial charge on any atom is 0.267 e. The molecule has 0 fully saturated rings. The van der Waals surface area contributed by atoms with E-state index >= 15 is 0 Å². The van der Waals surface area contributed by atoms with Crippen molar-refractivity contribution in [3.05, 3.63) is 70.6 Å². The van der Waals surface area contributed by atoms with Crippen molar-refractivity contribution in [1.82, 2.24) is 9.99 Å². The van der Waals surface area contributed by atoms with Crippen molar-refractivity contribution in [2.45, 2.75) is 6.54 Å². The SMILES string of the molecule is NNC(=O)c1cn(Cc2c(F)cccc2Cl)c2ccccc12. The van der Waals surface area contributed by atoms with Gasteiger partial charge in [0.05, 0.1) is 12.1 Å². The van der Waals surface area contributed by atoms with E-state index in [1.165, 1.54) is 6.07 Å². The maximum absolute atomic E-state index is 14.0. The number of hydrazine groups is 1. The average Bonchev–Trinajstić information content (AvgIpc) is 2.89. The lowest BCUT2D eigenvalue weighted by Crippen LogP contribution is -2.29. The molecule has 22 heavy (non-hydrogen) atoms. The number of carbonyl (C=O) groups is 1. The van der Waals surface area contributed by atoms with Crippen LogP contribution in [0.25, 0.3) is 10.9 Å². The molecular formula is C16H13ClFN3O. The fourth-order valence-electron chi connectivity index (χ4n) is 2.49. The molecule has 0 unspecified atom stereocenters. The zero-order chi connectivity index (χ0) is 15.7. The van der Waals surface area contributed by atoms with Crippen molar-refractivity contribution in [2.24, 2.45) is 5.84 Å². The number of benzene rings is 2. The average molecular weight is 318 g/mol. The van der Waals surface area contributed by atoms with E-state index < -0.39 is 5.91 Å². The number of aromatic nitrogens is 1. The highest BCUT2D eigenvalue weighted by molar-refractivity contribution is 6.31. The highest BCUT2D eigenvalue weighted by Crippen LogP contribution is 2.25. The van der Waals surface area contributed by atoms with E-state index in [4.69, 9.17) is 17.4 Å². The molecule has 1 aromatic heterocycles. The molecule has 6 heteroatoms. The molecule has 3 rings (SSSR count). The summed E-state index contributed by atoms with van der Waals surface area (Å²) in [5.41, 5.74) is 3.74. The Kier molecular flexibility index (Phi) is 3.83. The van der Waals surface area contributed by atoms with Gasteiger partial charge >= 0.3 is 0 Å². The molecule has 0 spiro atoms. The summed E-state index contributed by atoms with van der Waals surface area (Å²) >= 11 is 6.07. The van der Waals surface area contributed by atoms with E-state index in [-0.39, 0.29) is 12.4 Å². The molecular weight excluding hydrogens is 305 g/mol. The van der Waals surface area contributed by atoms with Crippen molar-refractivity contribution in [3.8, 4) is 0 Å². The molecule has 2 aromatic carbocycles. The standard InChI is InChI=1S/C16H13ClFN3O/c17-13-5-3-6-14(18)12(13)9-21-8-11(16(22)20-19)10-4-1-2-7-15(10)21/h1-8H,9,19H2,(H,20,22). The molecule has 1 heterocycles. The van der Waals surface area contributed by atoms with Crippen LogP contribution in [0.3, 0.4) is 0 Å². The first-order valence-electron chi connectivity index (χ1n) is 6.63. The molecule has 0 atom stereocenters. The second-order valence-corrected chi connectivity index (χ2v) is 5.27. The molecule has 0 saturated carbocycles. The van der Waals surface area contributed by atoms with E-state index in [1.807, 2.05) is 24.3 Å². The number of carbonyl (C=O) groups excluding carboxylic acids is 1. The molecule has 0 aliphatic heterocycles. The van der Waals surface area contributed by atoms with Crippen LogP contribution in [-0.4, -0.2) is 10.5 Å². The normalized spacial score (nSPS) is 10.9. The zero-order valence-electron chi connectivity index (χ0n) is 11.5. The van der Waals surface area contributed by atoms with Crippen LogP contribution in [0.2, 0.25) is 5.02 Å². The summed E-state index contributed by atoms with van der Waals surface area (Å²) in [5, 5.41) is 1.10. The molecule has 0 aliphatic rings. The molecule has 0 saturated heterocycles. The summed E-state index contributed by atoms with van der Waals surface area (Å²) in [7, 11) is 0. The number of para-hydroxylation sites is 1. The lowest BCUT2D eigenvalue weighted by molar-refractivity contribution is 0.0955. The first-order valence-corrected chi connectivity index (χ1v) is 7.01. The second-order valence-electron chi connectivity index (χ2n) is 4.86. The quantitative estimate of drug-likeness (QED) is 0.443. The lowest BCUT2D eigenvalue weighted by Gasteiger charge is -2.08. The summed E-state index contributed by atoms with van der Waals surface area (Å²) in [6.45, 7) is 0.226. The van der Waals surface area contributed by atoms with Crippen LogP contribution >= 0.6 is 11.6 Å². The molecule has 0 aliphatic carbocycles. The van der Waals surface area contributed by atoms with Crippen LogP contribution in [-0.2, 0) is 6.54 Å². The zero-order valence-corrected chi connectivity index (χ0v) is 12.3. The van der Waals surface area contributed by atoms with Gasteiger partial charge in [0.15, 0.2) is 0 Å². The van der Waals surface area contributed by atoms with Gasteiger partial charge in [0.2, 0.25) is 0 Å². The van der Waals surface area contributed by atoms with Crippen molar-refractivity contribution in [3.63, 3.8) is 0 Å². The summed E-state index contributed by atoms with van der Waals surface area (Å²) in [5.74, 6) is 4.44. The fraction of sp³-hybridized carbons (Fsp3) is 0.0625. The van der Waals surface area contributed by atoms with E-state index in [0.29, 0.717) is 16.1 Å².